The third-order valence-corrected chi connectivity index (χ3v) is 2.28. The molecule has 0 spiro atoms. The lowest BCUT2D eigenvalue weighted by Gasteiger charge is -2.19. The van der Waals surface area contributed by atoms with Crippen molar-refractivity contribution in [2.75, 3.05) is 26.8 Å². The van der Waals surface area contributed by atoms with E-state index >= 15 is 0 Å². The van der Waals surface area contributed by atoms with E-state index < -0.39 is 0 Å². The van der Waals surface area contributed by atoms with Crippen molar-refractivity contribution < 1.29 is 9.53 Å². The maximum atomic E-state index is 11.6. The van der Waals surface area contributed by atoms with E-state index in [0.29, 0.717) is 6.61 Å². The van der Waals surface area contributed by atoms with Crippen molar-refractivity contribution in [1.82, 2.24) is 4.90 Å². The highest BCUT2D eigenvalue weighted by Crippen LogP contribution is 2.02. The quantitative estimate of drug-likeness (QED) is 0.589. The summed E-state index contributed by atoms with van der Waals surface area (Å²) in [6.07, 6.45) is 2.21. The molecule has 14 heavy (non-hydrogen) atoms. The summed E-state index contributed by atoms with van der Waals surface area (Å²) in [7, 11) is 1.82. The first kappa shape index (κ1) is 13.4. The van der Waals surface area contributed by atoms with Crippen LogP contribution in [-0.4, -0.2) is 37.6 Å². The smallest absolute Gasteiger partial charge is 0.227 e. The number of nitrogens with zero attached hydrogens (tertiary/aromatic N) is 1. The average molecular weight is 201 g/mol. The van der Waals surface area contributed by atoms with Gasteiger partial charge in [-0.05, 0) is 13.3 Å². The first-order chi connectivity index (χ1) is 6.63. The Bertz CT molecular complexity index is 159. The molecule has 0 aliphatic rings. The van der Waals surface area contributed by atoms with Crippen LogP contribution in [0.4, 0.5) is 0 Å². The van der Waals surface area contributed by atoms with E-state index in [1.54, 1.807) is 4.90 Å². The molecular weight excluding hydrogens is 178 g/mol. The van der Waals surface area contributed by atoms with Gasteiger partial charge in [0.15, 0.2) is 0 Å². The molecule has 1 unspecified atom stereocenters. The van der Waals surface area contributed by atoms with Gasteiger partial charge in [0.2, 0.25) is 5.91 Å². The van der Waals surface area contributed by atoms with Gasteiger partial charge >= 0.3 is 0 Å². The molecule has 1 amide bonds. The largest absolute Gasteiger partial charge is 0.381 e. The lowest BCUT2D eigenvalue weighted by Crippen LogP contribution is -2.33. The fourth-order valence-electron chi connectivity index (χ4n) is 1.11. The molecule has 1 atom stereocenters. The van der Waals surface area contributed by atoms with Crippen LogP contribution in [-0.2, 0) is 9.53 Å². The molecule has 0 radical (unpaired) electrons. The summed E-state index contributed by atoms with van der Waals surface area (Å²) in [6, 6.07) is 0. The van der Waals surface area contributed by atoms with Crippen molar-refractivity contribution in [2.45, 2.75) is 33.6 Å². The minimum absolute atomic E-state index is 0.0168. The maximum Gasteiger partial charge on any atom is 0.227 e. The maximum absolute atomic E-state index is 11.6. The molecule has 0 rings (SSSR count). The number of unbranched alkanes of at least 4 members (excludes halogenated alkanes) is 1. The summed E-state index contributed by atoms with van der Waals surface area (Å²) in [5.74, 6) is 0.154. The standard InChI is InChI=1S/C11H23NO2/c1-5-7-8-14-9-10(3)11(13)12(4)6-2/h10H,5-9H2,1-4H3. The van der Waals surface area contributed by atoms with Gasteiger partial charge < -0.3 is 9.64 Å². The van der Waals surface area contributed by atoms with E-state index in [1.807, 2.05) is 20.9 Å². The molecule has 0 aromatic heterocycles. The zero-order valence-electron chi connectivity index (χ0n) is 9.88. The molecule has 0 saturated carbocycles. The van der Waals surface area contributed by atoms with E-state index in [4.69, 9.17) is 4.74 Å². The van der Waals surface area contributed by atoms with Gasteiger partial charge in [0.25, 0.3) is 0 Å². The highest BCUT2D eigenvalue weighted by atomic mass is 16.5. The van der Waals surface area contributed by atoms with E-state index in [9.17, 15) is 4.79 Å². The second-order valence-electron chi connectivity index (χ2n) is 3.68. The summed E-state index contributed by atoms with van der Waals surface area (Å²) < 4.78 is 5.40. The lowest BCUT2D eigenvalue weighted by molar-refractivity contribution is -0.135. The van der Waals surface area contributed by atoms with Crippen LogP contribution in [0, 0.1) is 5.92 Å². The summed E-state index contributed by atoms with van der Waals surface area (Å²) >= 11 is 0. The van der Waals surface area contributed by atoms with Crippen LogP contribution in [0.5, 0.6) is 0 Å². The number of carbonyl (C=O) groups is 1. The Morgan fingerprint density at radius 2 is 2.07 bits per heavy atom. The predicted molar refractivity (Wildman–Crippen MR) is 58.2 cm³/mol. The zero-order valence-corrected chi connectivity index (χ0v) is 9.88. The Balaban J connectivity index is 3.62. The summed E-state index contributed by atoms with van der Waals surface area (Å²) in [5.41, 5.74) is 0. The second-order valence-corrected chi connectivity index (χ2v) is 3.68. The topological polar surface area (TPSA) is 29.5 Å². The first-order valence-electron chi connectivity index (χ1n) is 5.46. The molecule has 0 N–H and O–H groups in total. The Kier molecular flexibility index (Phi) is 7.48. The molecule has 3 heteroatoms. The van der Waals surface area contributed by atoms with Gasteiger partial charge in [0.05, 0.1) is 12.5 Å². The van der Waals surface area contributed by atoms with E-state index in [0.717, 1.165) is 26.0 Å². The molecule has 3 nitrogen and oxygen atoms in total. The Morgan fingerprint density at radius 1 is 1.43 bits per heavy atom. The van der Waals surface area contributed by atoms with Crippen LogP contribution in [0.1, 0.15) is 33.6 Å². The molecule has 0 heterocycles. The Hall–Kier alpha value is -0.570. The Labute approximate surface area is 87.4 Å². The van der Waals surface area contributed by atoms with Crippen LogP contribution in [0.3, 0.4) is 0 Å². The second kappa shape index (κ2) is 7.80. The number of rotatable bonds is 7. The molecule has 0 aliphatic heterocycles. The van der Waals surface area contributed by atoms with Gasteiger partial charge in [-0.3, -0.25) is 4.79 Å². The van der Waals surface area contributed by atoms with Crippen LogP contribution in [0.25, 0.3) is 0 Å². The lowest BCUT2D eigenvalue weighted by atomic mass is 10.1. The van der Waals surface area contributed by atoms with Crippen molar-refractivity contribution in [2.24, 2.45) is 5.92 Å². The third-order valence-electron chi connectivity index (χ3n) is 2.28. The molecule has 0 bridgehead atoms. The molecule has 84 valence electrons. The minimum atomic E-state index is -0.0168. The fourth-order valence-corrected chi connectivity index (χ4v) is 1.11. The number of hydrogen-bond acceptors (Lipinski definition) is 2. The number of hydrogen-bond donors (Lipinski definition) is 0. The Morgan fingerprint density at radius 3 is 2.57 bits per heavy atom. The summed E-state index contributed by atoms with van der Waals surface area (Å²) in [5, 5.41) is 0. The number of amides is 1. The third kappa shape index (κ3) is 5.22. The molecule has 0 aromatic carbocycles. The first-order valence-corrected chi connectivity index (χ1v) is 5.46. The van der Waals surface area contributed by atoms with Gasteiger partial charge in [-0.25, -0.2) is 0 Å². The van der Waals surface area contributed by atoms with Crippen LogP contribution < -0.4 is 0 Å². The zero-order chi connectivity index (χ0) is 11.0. The average Bonchev–Trinajstić information content (AvgIpc) is 2.21. The van der Waals surface area contributed by atoms with E-state index in [-0.39, 0.29) is 11.8 Å². The highest BCUT2D eigenvalue weighted by Gasteiger charge is 2.15. The van der Waals surface area contributed by atoms with Gasteiger partial charge in [0.1, 0.15) is 0 Å². The van der Waals surface area contributed by atoms with Gasteiger partial charge in [-0.15, -0.1) is 0 Å². The van der Waals surface area contributed by atoms with Crippen LogP contribution in [0.2, 0.25) is 0 Å². The minimum Gasteiger partial charge on any atom is -0.381 e. The number of carbonyl (C=O) groups excluding carboxylic acids is 1. The molecule has 0 aromatic rings. The van der Waals surface area contributed by atoms with Crippen molar-refractivity contribution >= 4 is 5.91 Å². The van der Waals surface area contributed by atoms with Gasteiger partial charge in [-0.2, -0.15) is 0 Å². The van der Waals surface area contributed by atoms with Crippen LogP contribution >= 0.6 is 0 Å². The van der Waals surface area contributed by atoms with Gasteiger partial charge in [-0.1, -0.05) is 20.3 Å². The number of ether oxygens (including phenoxy) is 1. The van der Waals surface area contributed by atoms with Crippen molar-refractivity contribution in [1.29, 1.82) is 0 Å². The monoisotopic (exact) mass is 201 g/mol. The normalized spacial score (nSPS) is 12.6. The summed E-state index contributed by atoms with van der Waals surface area (Å²) in [4.78, 5) is 13.3. The van der Waals surface area contributed by atoms with Crippen LogP contribution in [0.15, 0.2) is 0 Å². The highest BCUT2D eigenvalue weighted by molar-refractivity contribution is 5.78. The van der Waals surface area contributed by atoms with Crippen molar-refractivity contribution in [3.05, 3.63) is 0 Å². The van der Waals surface area contributed by atoms with E-state index in [2.05, 4.69) is 6.92 Å². The van der Waals surface area contributed by atoms with E-state index in [1.165, 1.54) is 0 Å². The summed E-state index contributed by atoms with van der Waals surface area (Å²) in [6.45, 7) is 8.09. The van der Waals surface area contributed by atoms with Crippen molar-refractivity contribution in [3.63, 3.8) is 0 Å². The van der Waals surface area contributed by atoms with Gasteiger partial charge in [0, 0.05) is 20.2 Å². The molecular formula is C11H23NO2. The molecule has 0 fully saturated rings. The predicted octanol–water partition coefficient (Wildman–Crippen LogP) is 1.92. The molecule has 0 saturated heterocycles. The molecule has 0 aliphatic carbocycles. The van der Waals surface area contributed by atoms with Crippen molar-refractivity contribution in [3.8, 4) is 0 Å². The fraction of sp³-hybridized carbons (Fsp3) is 0.909. The SMILES string of the molecule is CCCCOCC(C)C(=O)N(C)CC.